The van der Waals surface area contributed by atoms with E-state index >= 15 is 0 Å². The van der Waals surface area contributed by atoms with Crippen molar-refractivity contribution >= 4 is 22.8 Å². The first-order valence-electron chi connectivity index (χ1n) is 22.6. The highest BCUT2D eigenvalue weighted by Crippen LogP contribution is 2.35. The number of hydrogen-bond acceptors (Lipinski definition) is 11. The number of fused-ring (bicyclic) bond motifs is 2. The van der Waals surface area contributed by atoms with E-state index in [2.05, 4.69) is 74.2 Å². The number of aromatic nitrogens is 10. The topological polar surface area (TPSA) is 173 Å². The summed E-state index contributed by atoms with van der Waals surface area (Å²) in [7, 11) is 1.65. The molecule has 2 aliphatic rings. The number of carbonyl (C=O) groups is 2. The fourth-order valence-electron chi connectivity index (χ4n) is 8.34. The molecule has 5 atom stereocenters. The highest BCUT2D eigenvalue weighted by Gasteiger charge is 2.37. The van der Waals surface area contributed by atoms with Gasteiger partial charge in [0.2, 0.25) is 23.6 Å². The largest absolute Gasteiger partial charge is 0.497 e. The van der Waals surface area contributed by atoms with Crippen molar-refractivity contribution in [2.24, 2.45) is 11.8 Å². The average Bonchev–Trinajstić information content (AvgIpc) is 4.14. The molecule has 2 amide bonds. The van der Waals surface area contributed by atoms with Crippen LogP contribution in [0.5, 0.6) is 17.5 Å². The number of aryl methyl sites for hydroxylation is 2. The predicted octanol–water partition coefficient (Wildman–Crippen LogP) is 7.60. The molecule has 0 bridgehead atoms. The van der Waals surface area contributed by atoms with Gasteiger partial charge in [-0.25, -0.2) is 19.0 Å². The van der Waals surface area contributed by atoms with Gasteiger partial charge in [0, 0.05) is 72.4 Å². The first-order chi connectivity index (χ1) is 31.3. The van der Waals surface area contributed by atoms with E-state index in [9.17, 15) is 9.59 Å². The van der Waals surface area contributed by atoms with E-state index in [0.29, 0.717) is 37.7 Å². The summed E-state index contributed by atoms with van der Waals surface area (Å²) >= 11 is 0. The number of methoxy groups -OCH3 is 1. The molecule has 8 heterocycles. The Morgan fingerprint density at radius 1 is 0.667 bits per heavy atom. The minimum atomic E-state index is -0.217. The molecule has 17 nitrogen and oxygen atoms in total. The van der Waals surface area contributed by atoms with Crippen molar-refractivity contribution < 1.29 is 23.8 Å². The zero-order valence-electron chi connectivity index (χ0n) is 40.1. The molecule has 66 heavy (non-hydrogen) atoms. The lowest BCUT2D eigenvalue weighted by Crippen LogP contribution is -2.31. The lowest BCUT2D eigenvalue weighted by atomic mass is 10.0. The number of rotatable bonds is 11. The molecule has 17 heteroatoms. The van der Waals surface area contributed by atoms with Gasteiger partial charge in [0.15, 0.2) is 0 Å². The van der Waals surface area contributed by atoms with Crippen LogP contribution in [-0.4, -0.2) is 97.9 Å². The molecule has 1 aromatic carbocycles. The maximum Gasteiger partial charge on any atom is 0.241 e. The Hall–Kier alpha value is -6.78. The monoisotopic (exact) mass is 898 g/mol. The van der Waals surface area contributed by atoms with Crippen molar-refractivity contribution in [2.75, 3.05) is 20.2 Å². The fourth-order valence-corrected chi connectivity index (χ4v) is 8.34. The highest BCUT2D eigenvalue weighted by atomic mass is 16.5. The number of benzene rings is 1. The SMILES string of the molecule is COc1ccc([C@@H](C)N2C[C@H]([C@@H](C)Oc3nc(-c4cnn(C(C)(C)C)c4)cn4ncc(C)c34)CC2=O)cc1.Cc1cnn2cc(-c3cnn(C(C)(C)C)c3)nc(O[C@H](C)[C@H]3CNC(=O)C3)c12. The Labute approximate surface area is 385 Å². The van der Waals surface area contributed by atoms with E-state index in [4.69, 9.17) is 24.2 Å². The number of nitrogens with zero attached hydrogens (tertiary/aromatic N) is 11. The normalized spacial score (nSPS) is 18.0. The number of carbonyl (C=O) groups excluding carboxylic acids is 2. The van der Waals surface area contributed by atoms with Crippen LogP contribution in [0.1, 0.15) is 97.9 Å². The first kappa shape index (κ1) is 45.8. The fraction of sp³-hybridized carbons (Fsp3) is 0.469. The summed E-state index contributed by atoms with van der Waals surface area (Å²) in [5.74, 6) is 2.23. The van der Waals surface area contributed by atoms with Crippen LogP contribution in [-0.2, 0) is 20.7 Å². The van der Waals surface area contributed by atoms with E-state index in [1.807, 2.05) is 114 Å². The Morgan fingerprint density at radius 2 is 1.17 bits per heavy atom. The van der Waals surface area contributed by atoms with Crippen LogP contribution in [0, 0.1) is 25.7 Å². The molecule has 6 aromatic heterocycles. The molecular weight excluding hydrogens is 837 g/mol. The van der Waals surface area contributed by atoms with Crippen molar-refractivity contribution in [3.05, 3.63) is 90.5 Å². The molecule has 0 spiro atoms. The van der Waals surface area contributed by atoms with Crippen LogP contribution < -0.4 is 19.5 Å². The van der Waals surface area contributed by atoms with Crippen LogP contribution in [0.2, 0.25) is 0 Å². The molecular formula is C49H62N12O5. The van der Waals surface area contributed by atoms with Gasteiger partial charge < -0.3 is 24.4 Å². The number of ether oxygens (including phenoxy) is 3. The van der Waals surface area contributed by atoms with Crippen LogP contribution in [0.15, 0.2) is 73.8 Å². The first-order valence-corrected chi connectivity index (χ1v) is 22.6. The minimum Gasteiger partial charge on any atom is -0.497 e. The van der Waals surface area contributed by atoms with E-state index in [1.165, 1.54) is 0 Å². The average molecular weight is 899 g/mol. The van der Waals surface area contributed by atoms with Crippen LogP contribution in [0.4, 0.5) is 0 Å². The summed E-state index contributed by atoms with van der Waals surface area (Å²) in [5, 5.41) is 20.8. The third-order valence-corrected chi connectivity index (χ3v) is 12.6. The van der Waals surface area contributed by atoms with Gasteiger partial charge in [-0.1, -0.05) is 12.1 Å². The van der Waals surface area contributed by atoms with Gasteiger partial charge >= 0.3 is 0 Å². The van der Waals surface area contributed by atoms with Gasteiger partial charge in [-0.2, -0.15) is 20.4 Å². The predicted molar refractivity (Wildman–Crippen MR) is 250 cm³/mol. The second-order valence-corrected chi connectivity index (χ2v) is 19.7. The Kier molecular flexibility index (Phi) is 12.4. The van der Waals surface area contributed by atoms with Crippen molar-refractivity contribution in [1.82, 2.24) is 59.0 Å². The molecule has 0 unspecified atom stereocenters. The Bertz CT molecular complexity index is 2860. The summed E-state index contributed by atoms with van der Waals surface area (Å²) < 4.78 is 25.5. The van der Waals surface area contributed by atoms with E-state index in [-0.39, 0.29) is 53.0 Å². The molecule has 0 saturated carbocycles. The van der Waals surface area contributed by atoms with Gasteiger partial charge in [0.1, 0.15) is 29.0 Å². The number of likely N-dealkylation sites (tertiary alicyclic amines) is 1. The second kappa shape index (κ2) is 17.9. The van der Waals surface area contributed by atoms with Crippen molar-refractivity contribution in [3.63, 3.8) is 0 Å². The highest BCUT2D eigenvalue weighted by molar-refractivity contribution is 5.79. The number of amides is 2. The third kappa shape index (κ3) is 9.47. The third-order valence-electron chi connectivity index (χ3n) is 12.6. The standard InChI is InChI=1S/C29H36N6O3.C20H26N6O2/c1-18-13-30-34-17-25(23-14-31-35(16-23)29(4,5)6)32-28(27(18)34)38-20(3)22-12-26(36)33(15-22)19(2)21-8-10-24(37-7)11-9-21;1-12-7-22-25-11-16(15-9-23-26(10-15)20(3,4)5)24-19(18(12)25)28-13(2)14-6-17(27)21-8-14/h8-11,13-14,16-17,19-20,22H,12,15H2,1-7H3;7,9-11,13-14H,6,8H2,1-5H3,(H,21,27)/t19-,20-,22-;13-,14-/m11/s1. The van der Waals surface area contributed by atoms with Crippen LogP contribution in [0.25, 0.3) is 33.5 Å². The maximum absolute atomic E-state index is 13.0. The van der Waals surface area contributed by atoms with Crippen LogP contribution in [0.3, 0.4) is 0 Å². The molecule has 7 aromatic rings. The summed E-state index contributed by atoms with van der Waals surface area (Å²) in [6, 6.07) is 7.85. The summed E-state index contributed by atoms with van der Waals surface area (Å²) in [4.78, 5) is 36.2. The van der Waals surface area contributed by atoms with E-state index in [0.717, 1.165) is 56.0 Å². The van der Waals surface area contributed by atoms with E-state index in [1.54, 1.807) is 17.8 Å². The van der Waals surface area contributed by atoms with Crippen molar-refractivity contribution in [2.45, 2.75) is 118 Å². The number of nitrogens with one attached hydrogen (secondary N) is 1. The second-order valence-electron chi connectivity index (χ2n) is 19.7. The number of hydrogen-bond donors (Lipinski definition) is 1. The molecule has 1 N–H and O–H groups in total. The maximum atomic E-state index is 13.0. The zero-order valence-corrected chi connectivity index (χ0v) is 40.1. The van der Waals surface area contributed by atoms with Crippen LogP contribution >= 0.6 is 0 Å². The van der Waals surface area contributed by atoms with Gasteiger partial charge in [-0.15, -0.1) is 0 Å². The Balaban J connectivity index is 0.000000188. The molecule has 2 aliphatic heterocycles. The van der Waals surface area contributed by atoms with E-state index < -0.39 is 0 Å². The zero-order chi connectivity index (χ0) is 47.2. The summed E-state index contributed by atoms with van der Waals surface area (Å²) in [6.07, 6.45) is 15.6. The molecule has 0 radical (unpaired) electrons. The minimum absolute atomic E-state index is 0.0322. The summed E-state index contributed by atoms with van der Waals surface area (Å²) in [6.45, 7) is 23.9. The summed E-state index contributed by atoms with van der Waals surface area (Å²) in [5.41, 5.74) is 7.75. The molecule has 2 fully saturated rings. The smallest absolute Gasteiger partial charge is 0.241 e. The molecule has 9 rings (SSSR count). The lowest BCUT2D eigenvalue weighted by molar-refractivity contribution is -0.129. The molecule has 2 saturated heterocycles. The van der Waals surface area contributed by atoms with Gasteiger partial charge in [-0.3, -0.25) is 19.0 Å². The van der Waals surface area contributed by atoms with Crippen molar-refractivity contribution in [3.8, 4) is 40.0 Å². The van der Waals surface area contributed by atoms with Gasteiger partial charge in [0.05, 0.1) is 72.8 Å². The van der Waals surface area contributed by atoms with Crippen molar-refractivity contribution in [1.29, 1.82) is 0 Å². The Morgan fingerprint density at radius 3 is 1.61 bits per heavy atom. The van der Waals surface area contributed by atoms with Gasteiger partial charge in [0.25, 0.3) is 0 Å². The molecule has 0 aliphatic carbocycles. The quantitative estimate of drug-likeness (QED) is 0.136. The molecule has 348 valence electrons. The van der Waals surface area contributed by atoms with Gasteiger partial charge in [-0.05, 0) is 93.9 Å². The lowest BCUT2D eigenvalue weighted by Gasteiger charge is -2.26.